The van der Waals surface area contributed by atoms with Crippen molar-refractivity contribution in [2.45, 2.75) is 6.54 Å². The molecule has 0 aliphatic rings. The second-order valence-electron chi connectivity index (χ2n) is 4.30. The maximum absolute atomic E-state index is 5.81. The molecule has 0 radical (unpaired) electrons. The Morgan fingerprint density at radius 3 is 2.95 bits per heavy atom. The van der Waals surface area contributed by atoms with E-state index in [1.54, 1.807) is 12.5 Å². The smallest absolute Gasteiger partial charge is 0.137 e. The van der Waals surface area contributed by atoms with E-state index in [2.05, 4.69) is 20.4 Å². The maximum atomic E-state index is 5.81. The molecule has 0 spiro atoms. The van der Waals surface area contributed by atoms with Crippen LogP contribution in [0.15, 0.2) is 36.8 Å². The van der Waals surface area contributed by atoms with Crippen LogP contribution in [-0.2, 0) is 13.6 Å². The molecule has 0 amide bonds. The van der Waals surface area contributed by atoms with Crippen LogP contribution in [0.2, 0.25) is 0 Å². The van der Waals surface area contributed by atoms with Gasteiger partial charge in [-0.1, -0.05) is 0 Å². The third-order valence-electron chi connectivity index (χ3n) is 3.02. The Labute approximate surface area is 110 Å². The highest BCUT2D eigenvalue weighted by atomic mass is 15.3. The first-order valence-corrected chi connectivity index (χ1v) is 5.95. The highest BCUT2D eigenvalue weighted by molar-refractivity contribution is 5.91. The van der Waals surface area contributed by atoms with E-state index < -0.39 is 0 Å². The summed E-state index contributed by atoms with van der Waals surface area (Å²) in [6.07, 6.45) is 3.32. The second kappa shape index (κ2) is 4.56. The molecule has 3 N–H and O–H groups in total. The minimum Gasteiger partial charge on any atom is -0.399 e. The van der Waals surface area contributed by atoms with Crippen LogP contribution >= 0.6 is 0 Å². The summed E-state index contributed by atoms with van der Waals surface area (Å²) >= 11 is 0. The summed E-state index contributed by atoms with van der Waals surface area (Å²) in [7, 11) is 1.91. The summed E-state index contributed by atoms with van der Waals surface area (Å²) in [6, 6.07) is 7.56. The molecule has 3 rings (SSSR count). The lowest BCUT2D eigenvalue weighted by Crippen LogP contribution is -2.07. The van der Waals surface area contributed by atoms with Crippen LogP contribution in [0.4, 0.5) is 11.5 Å². The van der Waals surface area contributed by atoms with Crippen molar-refractivity contribution < 1.29 is 0 Å². The molecule has 6 heteroatoms. The van der Waals surface area contributed by atoms with Gasteiger partial charge in [0.15, 0.2) is 0 Å². The molecule has 0 aliphatic heterocycles. The van der Waals surface area contributed by atoms with Gasteiger partial charge in [0, 0.05) is 24.3 Å². The lowest BCUT2D eigenvalue weighted by atomic mass is 10.2. The molecular formula is C13H14N6. The molecule has 1 aromatic carbocycles. The Morgan fingerprint density at radius 2 is 2.16 bits per heavy atom. The van der Waals surface area contributed by atoms with E-state index in [1.807, 2.05) is 36.0 Å². The molecule has 0 aliphatic carbocycles. The fraction of sp³-hybridized carbons (Fsp3) is 0.154. The number of benzene rings is 1. The van der Waals surface area contributed by atoms with Gasteiger partial charge in [0.2, 0.25) is 0 Å². The third kappa shape index (κ3) is 2.20. The highest BCUT2D eigenvalue weighted by Crippen LogP contribution is 2.21. The zero-order valence-corrected chi connectivity index (χ0v) is 10.5. The number of aromatic nitrogens is 4. The quantitative estimate of drug-likeness (QED) is 0.693. The van der Waals surface area contributed by atoms with Gasteiger partial charge >= 0.3 is 0 Å². The van der Waals surface area contributed by atoms with Crippen molar-refractivity contribution in [1.82, 2.24) is 19.7 Å². The monoisotopic (exact) mass is 254 g/mol. The van der Waals surface area contributed by atoms with Crippen LogP contribution in [-0.4, -0.2) is 19.7 Å². The molecule has 2 aromatic heterocycles. The predicted octanol–water partition coefficient (Wildman–Crippen LogP) is 1.56. The molecule has 0 saturated heterocycles. The molecule has 0 saturated carbocycles. The Morgan fingerprint density at radius 1 is 1.26 bits per heavy atom. The van der Waals surface area contributed by atoms with E-state index >= 15 is 0 Å². The molecule has 96 valence electrons. The Kier molecular flexibility index (Phi) is 2.75. The number of hydrogen-bond acceptors (Lipinski definition) is 5. The molecule has 19 heavy (non-hydrogen) atoms. The van der Waals surface area contributed by atoms with Gasteiger partial charge in [0.05, 0.1) is 17.8 Å². The van der Waals surface area contributed by atoms with Gasteiger partial charge in [0.1, 0.15) is 12.1 Å². The number of fused-ring (bicyclic) bond motifs is 1. The number of nitrogen functional groups attached to an aromatic ring is 1. The second-order valence-corrected chi connectivity index (χ2v) is 4.30. The average Bonchev–Trinajstić information content (AvgIpc) is 2.82. The molecular weight excluding hydrogens is 240 g/mol. The third-order valence-corrected chi connectivity index (χ3v) is 3.02. The van der Waals surface area contributed by atoms with E-state index in [0.717, 1.165) is 22.4 Å². The zero-order valence-electron chi connectivity index (χ0n) is 10.5. The molecule has 2 heterocycles. The van der Waals surface area contributed by atoms with Crippen LogP contribution < -0.4 is 11.1 Å². The zero-order chi connectivity index (χ0) is 13.2. The average molecular weight is 254 g/mol. The summed E-state index contributed by atoms with van der Waals surface area (Å²) in [4.78, 5) is 8.49. The van der Waals surface area contributed by atoms with E-state index in [0.29, 0.717) is 12.2 Å². The Hall–Kier alpha value is -2.63. The van der Waals surface area contributed by atoms with Gasteiger partial charge in [-0.05, 0) is 24.3 Å². The van der Waals surface area contributed by atoms with E-state index in [9.17, 15) is 0 Å². The van der Waals surface area contributed by atoms with E-state index in [-0.39, 0.29) is 0 Å². The van der Waals surface area contributed by atoms with Crippen LogP contribution in [0.3, 0.4) is 0 Å². The number of nitrogens with zero attached hydrogens (tertiary/aromatic N) is 4. The largest absolute Gasteiger partial charge is 0.399 e. The lowest BCUT2D eigenvalue weighted by molar-refractivity contribution is 0.720. The molecule has 0 fully saturated rings. The Balaban J connectivity index is 1.92. The van der Waals surface area contributed by atoms with Crippen LogP contribution in [0.5, 0.6) is 0 Å². The van der Waals surface area contributed by atoms with Gasteiger partial charge in [0.25, 0.3) is 0 Å². The van der Waals surface area contributed by atoms with Crippen molar-refractivity contribution in [3.05, 3.63) is 42.5 Å². The lowest BCUT2D eigenvalue weighted by Gasteiger charge is -2.08. The summed E-state index contributed by atoms with van der Waals surface area (Å²) in [5, 5.41) is 8.34. The van der Waals surface area contributed by atoms with Gasteiger partial charge in [-0.3, -0.25) is 4.68 Å². The number of aryl methyl sites for hydroxylation is 1. The number of nitrogens with one attached hydrogen (secondary N) is 1. The highest BCUT2D eigenvalue weighted by Gasteiger charge is 2.05. The van der Waals surface area contributed by atoms with Crippen LogP contribution in [0, 0.1) is 0 Å². The summed E-state index contributed by atoms with van der Waals surface area (Å²) in [6.45, 7) is 0.650. The number of anilines is 2. The van der Waals surface area contributed by atoms with Crippen molar-refractivity contribution in [2.75, 3.05) is 11.1 Å². The van der Waals surface area contributed by atoms with Crippen molar-refractivity contribution in [2.24, 2.45) is 7.05 Å². The normalized spacial score (nSPS) is 10.8. The van der Waals surface area contributed by atoms with Gasteiger partial charge in [-0.25, -0.2) is 9.97 Å². The maximum Gasteiger partial charge on any atom is 0.137 e. The van der Waals surface area contributed by atoms with Crippen molar-refractivity contribution in [1.29, 1.82) is 0 Å². The molecule has 3 aromatic rings. The summed E-state index contributed by atoms with van der Waals surface area (Å²) < 4.78 is 1.82. The first-order valence-electron chi connectivity index (χ1n) is 5.95. The summed E-state index contributed by atoms with van der Waals surface area (Å²) in [5.41, 5.74) is 8.46. The first kappa shape index (κ1) is 11.5. The molecule has 0 bridgehead atoms. The van der Waals surface area contributed by atoms with Gasteiger partial charge < -0.3 is 11.1 Å². The predicted molar refractivity (Wildman–Crippen MR) is 74.5 cm³/mol. The minimum atomic E-state index is 0.650. The fourth-order valence-corrected chi connectivity index (χ4v) is 1.96. The van der Waals surface area contributed by atoms with Crippen LogP contribution in [0.25, 0.3) is 10.9 Å². The number of nitrogens with two attached hydrogens (primary N) is 1. The van der Waals surface area contributed by atoms with Crippen molar-refractivity contribution in [3.63, 3.8) is 0 Å². The van der Waals surface area contributed by atoms with Crippen molar-refractivity contribution in [3.8, 4) is 0 Å². The topological polar surface area (TPSA) is 81.7 Å². The van der Waals surface area contributed by atoms with Crippen LogP contribution in [0.1, 0.15) is 5.69 Å². The Bertz CT molecular complexity index is 718. The fourth-order valence-electron chi connectivity index (χ4n) is 1.96. The SMILES string of the molecule is Cn1nccc1CNc1ncnc2ccc(N)cc12. The molecule has 6 nitrogen and oxygen atoms in total. The molecule has 0 atom stereocenters. The van der Waals surface area contributed by atoms with Gasteiger partial charge in [-0.2, -0.15) is 5.10 Å². The number of hydrogen-bond donors (Lipinski definition) is 2. The van der Waals surface area contributed by atoms with Crippen molar-refractivity contribution >= 4 is 22.4 Å². The minimum absolute atomic E-state index is 0.650. The summed E-state index contributed by atoms with van der Waals surface area (Å²) in [5.74, 6) is 0.776. The van der Waals surface area contributed by atoms with Gasteiger partial charge in [-0.15, -0.1) is 0 Å². The first-order chi connectivity index (χ1) is 9.24. The number of rotatable bonds is 3. The van der Waals surface area contributed by atoms with E-state index in [4.69, 9.17) is 5.73 Å². The van der Waals surface area contributed by atoms with E-state index in [1.165, 1.54) is 0 Å². The standard InChI is InChI=1S/C13H14N6/c1-19-10(4-5-18-19)7-15-13-11-6-9(14)2-3-12(11)16-8-17-13/h2-6,8H,7,14H2,1H3,(H,15,16,17). The molecule has 0 unspecified atom stereocenters.